The van der Waals surface area contributed by atoms with Gasteiger partial charge in [0.15, 0.2) is 12.4 Å². The molecule has 0 saturated carbocycles. The van der Waals surface area contributed by atoms with Gasteiger partial charge in [0.1, 0.15) is 5.82 Å². The minimum Gasteiger partial charge on any atom is -0.478 e. The minimum atomic E-state index is -0.292. The molecule has 1 aromatic carbocycles. The van der Waals surface area contributed by atoms with E-state index in [1.54, 1.807) is 10.6 Å². The van der Waals surface area contributed by atoms with Gasteiger partial charge in [0.25, 0.3) is 11.5 Å². The van der Waals surface area contributed by atoms with Crippen LogP contribution < -0.4 is 25.8 Å². The molecule has 3 aromatic rings. The molecule has 2 atom stereocenters. The molecule has 2 N–H and O–H groups in total. The van der Waals surface area contributed by atoms with Crippen molar-refractivity contribution in [2.24, 2.45) is 11.8 Å². The molecule has 3 heterocycles. The number of hydrogen-bond donors (Lipinski definition) is 2. The van der Waals surface area contributed by atoms with Gasteiger partial charge in [-0.3, -0.25) is 9.59 Å². The number of nitrogens with zero attached hydrogens (tertiary/aromatic N) is 4. The van der Waals surface area contributed by atoms with Gasteiger partial charge in [-0.15, -0.1) is 0 Å². The lowest BCUT2D eigenvalue weighted by atomic mass is 9.92. The Morgan fingerprint density at radius 3 is 2.64 bits per heavy atom. The smallest absolute Gasteiger partial charge is 0.293 e. The molecule has 0 aliphatic carbocycles. The zero-order valence-corrected chi connectivity index (χ0v) is 21.8. The van der Waals surface area contributed by atoms with Crippen LogP contribution in [0.25, 0.3) is 10.9 Å². The number of hydrogen-bond acceptors (Lipinski definition) is 7. The van der Waals surface area contributed by atoms with Gasteiger partial charge in [-0.1, -0.05) is 20.8 Å². The average molecular weight is 493 g/mol. The maximum atomic E-state index is 13.0. The lowest BCUT2D eigenvalue weighted by molar-refractivity contribution is -0.122. The van der Waals surface area contributed by atoms with Crippen LogP contribution in [0.2, 0.25) is 0 Å². The van der Waals surface area contributed by atoms with Gasteiger partial charge >= 0.3 is 0 Å². The third-order valence-corrected chi connectivity index (χ3v) is 6.52. The second-order valence-corrected chi connectivity index (χ2v) is 9.88. The number of nitrogens with one attached hydrogen (secondary N) is 2. The van der Waals surface area contributed by atoms with E-state index in [1.165, 1.54) is 13.5 Å². The van der Waals surface area contributed by atoms with E-state index in [4.69, 9.17) is 9.72 Å². The maximum Gasteiger partial charge on any atom is 0.293 e. The molecule has 0 bridgehead atoms. The molecule has 2 unspecified atom stereocenters. The minimum absolute atomic E-state index is 0.158. The molecule has 9 heteroatoms. The van der Waals surface area contributed by atoms with Crippen LogP contribution in [-0.4, -0.2) is 47.2 Å². The number of benzene rings is 1. The summed E-state index contributed by atoms with van der Waals surface area (Å²) in [6.07, 6.45) is 3.88. The molecule has 9 nitrogen and oxygen atoms in total. The standard InChI is InChI=1S/C27H36N6O3/c1-6-9-33-22-8-7-21(11-20(22)12-23(26(33)35)36-16-24(34)28-5)30-25-19(4)13-29-27(31-25)32-14-17(2)10-18(3)15-32/h7-8,11-13,17-18H,6,9-10,14-16H2,1-5H3,(H,28,34)(H,29,30,31). The lowest BCUT2D eigenvalue weighted by Gasteiger charge is -2.35. The molecule has 1 aliphatic rings. The number of ether oxygens (including phenoxy) is 1. The van der Waals surface area contributed by atoms with Crippen molar-refractivity contribution in [1.82, 2.24) is 19.9 Å². The second-order valence-electron chi connectivity index (χ2n) is 9.88. The van der Waals surface area contributed by atoms with Gasteiger partial charge in [0.2, 0.25) is 5.95 Å². The first-order valence-corrected chi connectivity index (χ1v) is 12.7. The highest BCUT2D eigenvalue weighted by Crippen LogP contribution is 2.28. The largest absolute Gasteiger partial charge is 0.478 e. The molecule has 192 valence electrons. The van der Waals surface area contributed by atoms with Gasteiger partial charge in [-0.05, 0) is 55.9 Å². The van der Waals surface area contributed by atoms with E-state index in [2.05, 4.69) is 34.4 Å². The van der Waals surface area contributed by atoms with Gasteiger partial charge < -0.3 is 24.8 Å². The van der Waals surface area contributed by atoms with E-state index >= 15 is 0 Å². The maximum absolute atomic E-state index is 13.0. The number of carbonyl (C=O) groups excluding carboxylic acids is 1. The van der Waals surface area contributed by atoms with E-state index in [0.717, 1.165) is 53.4 Å². The molecule has 1 amide bonds. The zero-order valence-electron chi connectivity index (χ0n) is 21.8. The Labute approximate surface area is 211 Å². The Morgan fingerprint density at radius 1 is 1.19 bits per heavy atom. The summed E-state index contributed by atoms with van der Waals surface area (Å²) in [5.74, 6) is 2.57. The molecule has 1 saturated heterocycles. The molecule has 36 heavy (non-hydrogen) atoms. The fourth-order valence-corrected chi connectivity index (χ4v) is 4.88. The average Bonchev–Trinajstić information content (AvgIpc) is 2.85. The first kappa shape index (κ1) is 25.5. The van der Waals surface area contributed by atoms with Crippen LogP contribution in [0, 0.1) is 18.8 Å². The summed E-state index contributed by atoms with van der Waals surface area (Å²) in [6, 6.07) is 7.56. The van der Waals surface area contributed by atoms with Crippen molar-refractivity contribution in [3.63, 3.8) is 0 Å². The highest BCUT2D eigenvalue weighted by Gasteiger charge is 2.24. The quantitative estimate of drug-likeness (QED) is 0.492. The predicted octanol–water partition coefficient (Wildman–Crippen LogP) is 3.86. The van der Waals surface area contributed by atoms with Crippen LogP contribution in [0.1, 0.15) is 39.2 Å². The summed E-state index contributed by atoms with van der Waals surface area (Å²) in [7, 11) is 1.53. The topological polar surface area (TPSA) is 101 Å². The molecule has 4 rings (SSSR count). The number of carbonyl (C=O) groups is 1. The summed E-state index contributed by atoms with van der Waals surface area (Å²) in [5.41, 5.74) is 2.36. The Balaban J connectivity index is 1.66. The first-order valence-electron chi connectivity index (χ1n) is 12.7. The summed E-state index contributed by atoms with van der Waals surface area (Å²) in [5, 5.41) is 6.79. The number of pyridine rings is 1. The van der Waals surface area contributed by atoms with Crippen LogP contribution in [0.15, 0.2) is 35.3 Å². The second kappa shape index (κ2) is 11.0. The predicted molar refractivity (Wildman–Crippen MR) is 143 cm³/mol. The number of fused-ring (bicyclic) bond motifs is 1. The van der Waals surface area contributed by atoms with Gasteiger partial charge in [0, 0.05) is 49.5 Å². The number of aryl methyl sites for hydroxylation is 2. The molecular formula is C27H36N6O3. The normalized spacial score (nSPS) is 17.8. The number of likely N-dealkylation sites (N-methyl/N-ethyl adjacent to an activating group) is 1. The third-order valence-electron chi connectivity index (χ3n) is 6.52. The first-order chi connectivity index (χ1) is 17.3. The van der Waals surface area contributed by atoms with Crippen LogP contribution >= 0.6 is 0 Å². The van der Waals surface area contributed by atoms with Crippen molar-refractivity contribution < 1.29 is 9.53 Å². The fraction of sp³-hybridized carbons (Fsp3) is 0.481. The number of piperidine rings is 1. The van der Waals surface area contributed by atoms with Crippen molar-refractivity contribution in [3.8, 4) is 5.75 Å². The third kappa shape index (κ3) is 5.61. The van der Waals surface area contributed by atoms with E-state index in [-0.39, 0.29) is 23.8 Å². The van der Waals surface area contributed by atoms with Gasteiger partial charge in [-0.25, -0.2) is 4.98 Å². The van der Waals surface area contributed by atoms with Crippen molar-refractivity contribution in [2.45, 2.75) is 47.1 Å². The van der Waals surface area contributed by atoms with E-state index < -0.39 is 0 Å². The van der Waals surface area contributed by atoms with Crippen LogP contribution in [0.4, 0.5) is 17.5 Å². The molecule has 2 aromatic heterocycles. The van der Waals surface area contributed by atoms with Crippen molar-refractivity contribution in [2.75, 3.05) is 37.0 Å². The van der Waals surface area contributed by atoms with Gasteiger partial charge in [-0.2, -0.15) is 4.98 Å². The molecule has 0 radical (unpaired) electrons. The van der Waals surface area contributed by atoms with Crippen molar-refractivity contribution in [1.29, 1.82) is 0 Å². The van der Waals surface area contributed by atoms with Crippen LogP contribution in [0.5, 0.6) is 5.75 Å². The molecule has 0 spiro atoms. The summed E-state index contributed by atoms with van der Waals surface area (Å²) in [4.78, 5) is 36.4. The summed E-state index contributed by atoms with van der Waals surface area (Å²) >= 11 is 0. The van der Waals surface area contributed by atoms with E-state index in [9.17, 15) is 9.59 Å². The molecule has 1 fully saturated rings. The van der Waals surface area contributed by atoms with Crippen LogP contribution in [0.3, 0.4) is 0 Å². The van der Waals surface area contributed by atoms with Gasteiger partial charge in [0.05, 0.1) is 5.52 Å². The van der Waals surface area contributed by atoms with Crippen LogP contribution in [-0.2, 0) is 11.3 Å². The SMILES string of the molecule is CCCn1c(=O)c(OCC(=O)NC)cc2cc(Nc3nc(N4CC(C)CC(C)C4)ncc3C)ccc21. The Bertz CT molecular complexity index is 1290. The van der Waals surface area contributed by atoms with E-state index in [1.807, 2.05) is 38.2 Å². The Hall–Kier alpha value is -3.62. The summed E-state index contributed by atoms with van der Waals surface area (Å²) < 4.78 is 7.27. The molecule has 1 aliphatic heterocycles. The number of anilines is 3. The lowest BCUT2D eigenvalue weighted by Crippen LogP contribution is -2.39. The Morgan fingerprint density at radius 2 is 1.94 bits per heavy atom. The van der Waals surface area contributed by atoms with Crippen molar-refractivity contribution >= 4 is 34.3 Å². The number of rotatable bonds is 8. The summed E-state index contributed by atoms with van der Waals surface area (Å²) in [6.45, 7) is 10.8. The Kier molecular flexibility index (Phi) is 7.76. The van der Waals surface area contributed by atoms with E-state index in [0.29, 0.717) is 18.4 Å². The highest BCUT2D eigenvalue weighted by molar-refractivity contribution is 5.85. The monoisotopic (exact) mass is 492 g/mol. The highest BCUT2D eigenvalue weighted by atomic mass is 16.5. The zero-order chi connectivity index (χ0) is 25.8. The molecular weight excluding hydrogens is 456 g/mol. The number of aromatic nitrogens is 3. The number of amides is 1. The van der Waals surface area contributed by atoms with Crippen molar-refractivity contribution in [3.05, 3.63) is 46.4 Å². The fourth-order valence-electron chi connectivity index (χ4n) is 4.88.